The zero-order chi connectivity index (χ0) is 13.0. The molecule has 0 fully saturated rings. The van der Waals surface area contributed by atoms with Crippen LogP contribution in [0.25, 0.3) is 10.6 Å². The molecular weight excluding hydrogens is 260 g/mol. The number of thioether (sulfide) groups is 1. The van der Waals surface area contributed by atoms with Gasteiger partial charge in [-0.05, 0) is 37.8 Å². The van der Waals surface area contributed by atoms with E-state index in [1.54, 1.807) is 11.3 Å². The molecule has 0 amide bonds. The minimum Gasteiger partial charge on any atom is -0.330 e. The van der Waals surface area contributed by atoms with Crippen molar-refractivity contribution < 1.29 is 0 Å². The lowest BCUT2D eigenvalue weighted by atomic mass is 10.2. The number of thiazole rings is 1. The molecule has 0 radical (unpaired) electrons. The second-order valence-electron chi connectivity index (χ2n) is 4.02. The van der Waals surface area contributed by atoms with Crippen molar-refractivity contribution in [3.05, 3.63) is 34.8 Å². The average molecular weight is 278 g/mol. The molecule has 0 saturated heterocycles. The van der Waals surface area contributed by atoms with Crippen molar-refractivity contribution in [1.29, 1.82) is 0 Å². The quantitative estimate of drug-likeness (QED) is 0.847. The van der Waals surface area contributed by atoms with Gasteiger partial charge in [-0.2, -0.15) is 0 Å². The van der Waals surface area contributed by atoms with Gasteiger partial charge in [-0.15, -0.1) is 23.1 Å². The maximum absolute atomic E-state index is 5.61. The van der Waals surface area contributed by atoms with Gasteiger partial charge in [0.15, 0.2) is 0 Å². The number of rotatable bonds is 5. The summed E-state index contributed by atoms with van der Waals surface area (Å²) in [4.78, 5) is 7.25. The Morgan fingerprint density at radius 1 is 1.28 bits per heavy atom. The predicted molar refractivity (Wildman–Crippen MR) is 81.4 cm³/mol. The Kier molecular flexibility index (Phi) is 4.80. The fourth-order valence-corrected chi connectivity index (χ4v) is 3.52. The summed E-state index contributed by atoms with van der Waals surface area (Å²) in [5.41, 5.74) is 7.93. The van der Waals surface area contributed by atoms with Crippen molar-refractivity contribution in [2.24, 2.45) is 5.73 Å². The Labute approximate surface area is 117 Å². The van der Waals surface area contributed by atoms with Crippen molar-refractivity contribution in [2.45, 2.75) is 25.2 Å². The van der Waals surface area contributed by atoms with Gasteiger partial charge in [0.2, 0.25) is 0 Å². The Morgan fingerprint density at radius 2 is 2.00 bits per heavy atom. The zero-order valence-electron chi connectivity index (χ0n) is 10.8. The summed E-state index contributed by atoms with van der Waals surface area (Å²) >= 11 is 3.62. The molecule has 0 aliphatic heterocycles. The molecule has 0 atom stereocenters. The first kappa shape index (κ1) is 13.6. The van der Waals surface area contributed by atoms with Crippen LogP contribution in [0.4, 0.5) is 0 Å². The van der Waals surface area contributed by atoms with E-state index in [1.165, 1.54) is 15.3 Å². The third-order valence-electron chi connectivity index (χ3n) is 2.68. The Balaban J connectivity index is 2.22. The predicted octanol–water partition coefficient (Wildman–Crippen LogP) is 3.73. The Hall–Kier alpha value is -0.840. The minimum atomic E-state index is 0.689. The molecule has 0 aliphatic carbocycles. The van der Waals surface area contributed by atoms with E-state index in [0.717, 1.165) is 22.9 Å². The highest BCUT2D eigenvalue weighted by molar-refractivity contribution is 7.99. The van der Waals surface area contributed by atoms with E-state index < -0.39 is 0 Å². The molecule has 2 N–H and O–H groups in total. The summed E-state index contributed by atoms with van der Waals surface area (Å²) in [6, 6.07) is 8.65. The van der Waals surface area contributed by atoms with Crippen LogP contribution in [-0.2, 0) is 6.42 Å². The van der Waals surface area contributed by atoms with Crippen molar-refractivity contribution in [1.82, 2.24) is 4.98 Å². The molecule has 2 nitrogen and oxygen atoms in total. The van der Waals surface area contributed by atoms with Gasteiger partial charge >= 0.3 is 0 Å². The van der Waals surface area contributed by atoms with E-state index >= 15 is 0 Å². The van der Waals surface area contributed by atoms with Crippen LogP contribution in [0.15, 0.2) is 29.2 Å². The van der Waals surface area contributed by atoms with Gasteiger partial charge in [0.05, 0.1) is 5.69 Å². The summed E-state index contributed by atoms with van der Waals surface area (Å²) < 4.78 is 0. The normalized spacial score (nSPS) is 10.8. The van der Waals surface area contributed by atoms with Crippen LogP contribution in [-0.4, -0.2) is 17.3 Å². The number of benzene rings is 1. The average Bonchev–Trinajstić information content (AvgIpc) is 2.73. The third kappa shape index (κ3) is 3.13. The molecule has 2 aromatic rings. The minimum absolute atomic E-state index is 0.689. The van der Waals surface area contributed by atoms with E-state index in [2.05, 4.69) is 43.1 Å². The van der Waals surface area contributed by atoms with E-state index in [1.807, 2.05) is 11.8 Å². The lowest BCUT2D eigenvalue weighted by Gasteiger charge is -1.99. The lowest BCUT2D eigenvalue weighted by Crippen LogP contribution is -2.01. The highest BCUT2D eigenvalue weighted by Gasteiger charge is 2.08. The van der Waals surface area contributed by atoms with Crippen LogP contribution in [0.1, 0.15) is 17.5 Å². The first-order chi connectivity index (χ1) is 8.74. The smallest absolute Gasteiger partial charge is 0.123 e. The van der Waals surface area contributed by atoms with Crippen molar-refractivity contribution in [3.63, 3.8) is 0 Å². The lowest BCUT2D eigenvalue weighted by molar-refractivity contribution is 0.970. The Bertz CT molecular complexity index is 503. The van der Waals surface area contributed by atoms with Gasteiger partial charge in [-0.25, -0.2) is 4.98 Å². The number of aryl methyl sites for hydroxylation is 1. The van der Waals surface area contributed by atoms with Gasteiger partial charge in [0.25, 0.3) is 0 Å². The fraction of sp³-hybridized carbons (Fsp3) is 0.357. The molecular formula is C14H18N2S2. The largest absolute Gasteiger partial charge is 0.330 e. The molecule has 4 heteroatoms. The highest BCUT2D eigenvalue weighted by Crippen LogP contribution is 2.29. The number of nitrogens with two attached hydrogens (primary N) is 1. The number of aromatic nitrogens is 1. The van der Waals surface area contributed by atoms with Crippen molar-refractivity contribution >= 4 is 23.1 Å². The maximum Gasteiger partial charge on any atom is 0.123 e. The molecule has 0 unspecified atom stereocenters. The van der Waals surface area contributed by atoms with E-state index in [-0.39, 0.29) is 0 Å². The first-order valence-corrected chi connectivity index (χ1v) is 7.94. The molecule has 1 aromatic heterocycles. The van der Waals surface area contributed by atoms with Gasteiger partial charge in [-0.1, -0.05) is 19.1 Å². The fourth-order valence-electron chi connectivity index (χ4n) is 1.77. The van der Waals surface area contributed by atoms with Crippen LogP contribution in [0.2, 0.25) is 0 Å². The molecule has 96 valence electrons. The molecule has 2 rings (SSSR count). The summed E-state index contributed by atoms with van der Waals surface area (Å²) in [5.74, 6) is 1.11. The third-order valence-corrected chi connectivity index (χ3v) is 4.84. The summed E-state index contributed by atoms with van der Waals surface area (Å²) in [5, 5.41) is 1.10. The van der Waals surface area contributed by atoms with Crippen LogP contribution in [0, 0.1) is 6.92 Å². The number of nitrogens with zero attached hydrogens (tertiary/aromatic N) is 1. The summed E-state index contributed by atoms with van der Waals surface area (Å²) in [7, 11) is 0. The molecule has 1 aromatic carbocycles. The van der Waals surface area contributed by atoms with Crippen LogP contribution in [0.5, 0.6) is 0 Å². The molecule has 0 saturated carbocycles. The van der Waals surface area contributed by atoms with E-state index in [9.17, 15) is 0 Å². The van der Waals surface area contributed by atoms with Gasteiger partial charge < -0.3 is 5.73 Å². The van der Waals surface area contributed by atoms with E-state index in [0.29, 0.717) is 6.54 Å². The first-order valence-electron chi connectivity index (χ1n) is 6.14. The van der Waals surface area contributed by atoms with Crippen LogP contribution in [0.3, 0.4) is 0 Å². The van der Waals surface area contributed by atoms with Gasteiger partial charge in [0, 0.05) is 15.3 Å². The highest BCUT2D eigenvalue weighted by atomic mass is 32.2. The van der Waals surface area contributed by atoms with Gasteiger partial charge in [0.1, 0.15) is 5.01 Å². The van der Waals surface area contributed by atoms with E-state index in [4.69, 9.17) is 5.73 Å². The topological polar surface area (TPSA) is 38.9 Å². The standard InChI is InChI=1S/C14H18N2S2/c1-3-17-12-6-4-11(5-7-12)14-16-10(2)13(18-14)8-9-15/h4-7H,3,8-9,15H2,1-2H3. The molecule has 18 heavy (non-hydrogen) atoms. The van der Waals surface area contributed by atoms with Gasteiger partial charge in [-0.3, -0.25) is 0 Å². The monoisotopic (exact) mass is 278 g/mol. The van der Waals surface area contributed by atoms with Crippen LogP contribution < -0.4 is 5.73 Å². The SMILES string of the molecule is CCSc1ccc(-c2nc(C)c(CCN)s2)cc1. The van der Waals surface area contributed by atoms with Crippen molar-refractivity contribution in [2.75, 3.05) is 12.3 Å². The molecule has 0 spiro atoms. The molecule has 0 bridgehead atoms. The zero-order valence-corrected chi connectivity index (χ0v) is 12.4. The molecule has 0 aliphatic rings. The van der Waals surface area contributed by atoms with Crippen molar-refractivity contribution in [3.8, 4) is 10.6 Å². The number of hydrogen-bond acceptors (Lipinski definition) is 4. The molecule has 1 heterocycles. The maximum atomic E-state index is 5.61. The second-order valence-corrected chi connectivity index (χ2v) is 6.44. The Morgan fingerprint density at radius 3 is 2.61 bits per heavy atom. The second kappa shape index (κ2) is 6.36. The summed E-state index contributed by atoms with van der Waals surface area (Å²) in [6.45, 7) is 4.92. The van der Waals surface area contributed by atoms with Crippen LogP contribution >= 0.6 is 23.1 Å². The number of hydrogen-bond donors (Lipinski definition) is 1. The summed E-state index contributed by atoms with van der Waals surface area (Å²) in [6.07, 6.45) is 0.924.